The maximum atomic E-state index is 5.74. The van der Waals surface area contributed by atoms with Crippen LogP contribution >= 0.6 is 11.6 Å². The molecule has 2 rings (SSSR count). The molecule has 0 aliphatic rings. The molecule has 0 saturated heterocycles. The van der Waals surface area contributed by atoms with Crippen LogP contribution in [-0.2, 0) is 11.3 Å². The second-order valence-corrected chi connectivity index (χ2v) is 4.18. The molecule has 0 heterocycles. The molecular formula is C15H15ClO2. The quantitative estimate of drug-likeness (QED) is 0.573. The van der Waals surface area contributed by atoms with Crippen LogP contribution in [0, 0.1) is 0 Å². The Labute approximate surface area is 112 Å². The Hall–Kier alpha value is -1.51. The number of hydrogen-bond donors (Lipinski definition) is 0. The minimum absolute atomic E-state index is 0.514. The third-order valence-electron chi connectivity index (χ3n) is 2.37. The molecule has 3 heteroatoms. The van der Waals surface area contributed by atoms with Gasteiger partial charge >= 0.3 is 0 Å². The molecule has 0 saturated carbocycles. The highest BCUT2D eigenvalue weighted by atomic mass is 35.5. The largest absolute Gasteiger partial charge is 0.457 e. The molecule has 0 radical (unpaired) electrons. The van der Waals surface area contributed by atoms with Crippen LogP contribution in [0.4, 0.5) is 0 Å². The van der Waals surface area contributed by atoms with Gasteiger partial charge < -0.3 is 9.47 Å². The van der Waals surface area contributed by atoms with Crippen molar-refractivity contribution in [1.82, 2.24) is 0 Å². The van der Waals surface area contributed by atoms with Crippen molar-refractivity contribution in [3.05, 3.63) is 60.2 Å². The highest BCUT2D eigenvalue weighted by Gasteiger charge is 1.99. The van der Waals surface area contributed by atoms with Gasteiger partial charge in [0.25, 0.3) is 0 Å². The predicted octanol–water partition coefficient (Wildman–Crippen LogP) is 4.23. The number of hydrogen-bond acceptors (Lipinski definition) is 2. The third-order valence-corrected chi connectivity index (χ3v) is 2.52. The molecule has 0 amide bonds. The lowest BCUT2D eigenvalue weighted by Crippen LogP contribution is -1.96. The zero-order valence-corrected chi connectivity index (χ0v) is 10.8. The van der Waals surface area contributed by atoms with Gasteiger partial charge in [-0.1, -0.05) is 30.3 Å². The van der Waals surface area contributed by atoms with E-state index in [1.165, 1.54) is 0 Å². The van der Waals surface area contributed by atoms with Crippen LogP contribution in [0.25, 0.3) is 0 Å². The molecule has 18 heavy (non-hydrogen) atoms. The fourth-order valence-corrected chi connectivity index (χ4v) is 1.68. The monoisotopic (exact) mass is 262 g/mol. The molecule has 0 fully saturated rings. The summed E-state index contributed by atoms with van der Waals surface area (Å²) in [6.07, 6.45) is 0. The van der Waals surface area contributed by atoms with Gasteiger partial charge in [0, 0.05) is 5.88 Å². The number of alkyl halides is 1. The summed E-state index contributed by atoms with van der Waals surface area (Å²) in [5.41, 5.74) is 1.08. The third kappa shape index (κ3) is 4.06. The number of benzene rings is 2. The summed E-state index contributed by atoms with van der Waals surface area (Å²) in [7, 11) is 0. The Balaban J connectivity index is 1.99. The van der Waals surface area contributed by atoms with Crippen LogP contribution in [0.2, 0.25) is 0 Å². The molecule has 0 aliphatic carbocycles. The van der Waals surface area contributed by atoms with Crippen molar-refractivity contribution in [3.8, 4) is 11.5 Å². The maximum absolute atomic E-state index is 5.74. The summed E-state index contributed by atoms with van der Waals surface area (Å²) >= 11 is 5.56. The van der Waals surface area contributed by atoms with Crippen molar-refractivity contribution in [3.63, 3.8) is 0 Å². The van der Waals surface area contributed by atoms with Crippen LogP contribution in [-0.4, -0.2) is 12.5 Å². The fraction of sp³-hybridized carbons (Fsp3) is 0.200. The fourth-order valence-electron chi connectivity index (χ4n) is 1.57. The van der Waals surface area contributed by atoms with Gasteiger partial charge in [0.15, 0.2) is 0 Å². The lowest BCUT2D eigenvalue weighted by Gasteiger charge is -2.07. The van der Waals surface area contributed by atoms with Crippen molar-refractivity contribution in [2.24, 2.45) is 0 Å². The van der Waals surface area contributed by atoms with Crippen LogP contribution < -0.4 is 4.74 Å². The van der Waals surface area contributed by atoms with Crippen molar-refractivity contribution >= 4 is 11.6 Å². The second-order valence-electron chi connectivity index (χ2n) is 3.80. The Morgan fingerprint density at radius 1 is 0.889 bits per heavy atom. The van der Waals surface area contributed by atoms with E-state index in [0.717, 1.165) is 17.1 Å². The average Bonchev–Trinajstić information content (AvgIpc) is 2.41. The molecule has 0 N–H and O–H groups in total. The molecule has 0 bridgehead atoms. The Kier molecular flexibility index (Phi) is 5.06. The molecular weight excluding hydrogens is 248 g/mol. The smallest absolute Gasteiger partial charge is 0.127 e. The number of rotatable bonds is 6. The van der Waals surface area contributed by atoms with E-state index >= 15 is 0 Å². The van der Waals surface area contributed by atoms with Gasteiger partial charge in [-0.25, -0.2) is 0 Å². The Morgan fingerprint density at radius 2 is 1.67 bits per heavy atom. The Morgan fingerprint density at radius 3 is 2.44 bits per heavy atom. The van der Waals surface area contributed by atoms with Gasteiger partial charge in [-0.3, -0.25) is 0 Å². The molecule has 0 aliphatic heterocycles. The van der Waals surface area contributed by atoms with Gasteiger partial charge in [-0.2, -0.15) is 0 Å². The van der Waals surface area contributed by atoms with Crippen LogP contribution in [0.5, 0.6) is 11.5 Å². The van der Waals surface area contributed by atoms with E-state index in [-0.39, 0.29) is 0 Å². The van der Waals surface area contributed by atoms with Crippen LogP contribution in [0.1, 0.15) is 5.56 Å². The maximum Gasteiger partial charge on any atom is 0.127 e. The first-order valence-electron chi connectivity index (χ1n) is 5.84. The summed E-state index contributed by atoms with van der Waals surface area (Å²) in [4.78, 5) is 0. The summed E-state index contributed by atoms with van der Waals surface area (Å²) in [5, 5.41) is 0. The van der Waals surface area contributed by atoms with Gasteiger partial charge in [0.2, 0.25) is 0 Å². The summed E-state index contributed by atoms with van der Waals surface area (Å²) < 4.78 is 11.1. The lowest BCUT2D eigenvalue weighted by molar-refractivity contribution is 0.135. The topological polar surface area (TPSA) is 18.5 Å². The molecule has 2 aromatic rings. The minimum atomic E-state index is 0.514. The van der Waals surface area contributed by atoms with Crippen LogP contribution in [0.3, 0.4) is 0 Å². The Bertz CT molecular complexity index is 471. The first-order chi connectivity index (χ1) is 8.88. The number of para-hydroxylation sites is 1. The summed E-state index contributed by atoms with van der Waals surface area (Å²) in [6, 6.07) is 17.6. The van der Waals surface area contributed by atoms with Crippen molar-refractivity contribution in [2.75, 3.05) is 12.5 Å². The van der Waals surface area contributed by atoms with Crippen molar-refractivity contribution in [1.29, 1.82) is 0 Å². The van der Waals surface area contributed by atoms with E-state index in [4.69, 9.17) is 21.1 Å². The van der Waals surface area contributed by atoms with E-state index in [1.807, 2.05) is 54.6 Å². The van der Waals surface area contributed by atoms with Gasteiger partial charge in [0.05, 0.1) is 13.2 Å². The van der Waals surface area contributed by atoms with Gasteiger partial charge in [-0.15, -0.1) is 11.6 Å². The van der Waals surface area contributed by atoms with E-state index in [0.29, 0.717) is 19.1 Å². The van der Waals surface area contributed by atoms with Crippen LogP contribution in [0.15, 0.2) is 54.6 Å². The highest BCUT2D eigenvalue weighted by molar-refractivity contribution is 6.17. The molecule has 0 spiro atoms. The standard InChI is InChI=1S/C15H15ClO2/c16-9-10-17-12-13-5-4-8-15(11-13)18-14-6-2-1-3-7-14/h1-8,11H,9-10,12H2. The molecule has 2 aromatic carbocycles. The predicted molar refractivity (Wildman–Crippen MR) is 73.3 cm³/mol. The van der Waals surface area contributed by atoms with Crippen molar-refractivity contribution < 1.29 is 9.47 Å². The lowest BCUT2D eigenvalue weighted by atomic mass is 10.2. The zero-order chi connectivity index (χ0) is 12.6. The molecule has 0 atom stereocenters. The first-order valence-corrected chi connectivity index (χ1v) is 6.37. The second kappa shape index (κ2) is 7.04. The first kappa shape index (κ1) is 12.9. The zero-order valence-electron chi connectivity index (χ0n) is 10.0. The summed E-state index contributed by atoms with van der Waals surface area (Å²) in [6.45, 7) is 1.12. The molecule has 0 aromatic heterocycles. The average molecular weight is 263 g/mol. The molecule has 94 valence electrons. The van der Waals surface area contributed by atoms with Crippen molar-refractivity contribution in [2.45, 2.75) is 6.61 Å². The van der Waals surface area contributed by atoms with E-state index in [1.54, 1.807) is 0 Å². The number of ether oxygens (including phenoxy) is 2. The van der Waals surface area contributed by atoms with Gasteiger partial charge in [-0.05, 0) is 29.8 Å². The molecule has 0 unspecified atom stereocenters. The van der Waals surface area contributed by atoms with E-state index < -0.39 is 0 Å². The molecule has 2 nitrogen and oxygen atoms in total. The SMILES string of the molecule is ClCCOCc1cccc(Oc2ccccc2)c1. The normalized spacial score (nSPS) is 10.3. The summed E-state index contributed by atoms with van der Waals surface area (Å²) in [5.74, 6) is 2.16. The number of halogens is 1. The van der Waals surface area contributed by atoms with E-state index in [9.17, 15) is 0 Å². The highest BCUT2D eigenvalue weighted by Crippen LogP contribution is 2.21. The van der Waals surface area contributed by atoms with E-state index in [2.05, 4.69) is 0 Å². The van der Waals surface area contributed by atoms with Gasteiger partial charge in [0.1, 0.15) is 11.5 Å². The minimum Gasteiger partial charge on any atom is -0.457 e.